The number of nitrogens with one attached hydrogen (secondary N) is 2. The van der Waals surface area contributed by atoms with Crippen LogP contribution >= 0.6 is 0 Å². The fraction of sp³-hybridized carbons (Fsp3) is 0.174. The lowest BCUT2D eigenvalue weighted by molar-refractivity contribution is -0.109. The molecule has 0 spiro atoms. The lowest BCUT2D eigenvalue weighted by atomic mass is 9.97. The number of carbonyl (C=O) groups is 1. The van der Waals surface area contributed by atoms with E-state index >= 15 is 0 Å². The Bertz CT molecular complexity index is 872. The fourth-order valence-corrected chi connectivity index (χ4v) is 2.63. The molecule has 4 nitrogen and oxygen atoms in total. The second kappa shape index (κ2) is 10.0. The third-order valence-corrected chi connectivity index (χ3v) is 4.33. The Kier molecular flexibility index (Phi) is 7.44. The van der Waals surface area contributed by atoms with Gasteiger partial charge in [-0.15, -0.1) is 0 Å². The van der Waals surface area contributed by atoms with Gasteiger partial charge < -0.3 is 15.1 Å². The summed E-state index contributed by atoms with van der Waals surface area (Å²) in [5.74, 6) is 1.62. The largest absolute Gasteiger partial charge is 0.457 e. The maximum absolute atomic E-state index is 10.9. The van der Waals surface area contributed by atoms with Crippen molar-refractivity contribution in [2.24, 2.45) is 5.92 Å². The van der Waals surface area contributed by atoms with E-state index in [-0.39, 0.29) is 5.92 Å². The van der Waals surface area contributed by atoms with Gasteiger partial charge in [-0.3, -0.25) is 4.79 Å². The van der Waals surface area contributed by atoms with Crippen molar-refractivity contribution in [2.75, 3.05) is 12.4 Å². The number of anilines is 1. The molecule has 2 aromatic rings. The SMILES string of the molecule is C=C/C=C\C=C(\NC=O)C(C)/C(C)=C\c1ccc(-c2cccc(NC)c2)o1. The van der Waals surface area contributed by atoms with Gasteiger partial charge in [-0.2, -0.15) is 0 Å². The van der Waals surface area contributed by atoms with Gasteiger partial charge in [-0.05, 0) is 43.3 Å². The van der Waals surface area contributed by atoms with Gasteiger partial charge in [-0.25, -0.2) is 0 Å². The number of amides is 1. The Morgan fingerprint density at radius 2 is 2.04 bits per heavy atom. The van der Waals surface area contributed by atoms with Crippen LogP contribution < -0.4 is 10.6 Å². The van der Waals surface area contributed by atoms with Crippen LogP contribution in [-0.2, 0) is 4.79 Å². The first-order valence-corrected chi connectivity index (χ1v) is 8.84. The highest BCUT2D eigenvalue weighted by Gasteiger charge is 2.11. The molecule has 2 N–H and O–H groups in total. The van der Waals surface area contributed by atoms with Crippen LogP contribution in [0.4, 0.5) is 5.69 Å². The molecule has 2 rings (SSSR count). The number of carbonyl (C=O) groups excluding carboxylic acids is 1. The number of benzene rings is 1. The van der Waals surface area contributed by atoms with E-state index in [2.05, 4.69) is 17.2 Å². The second-order valence-corrected chi connectivity index (χ2v) is 6.15. The smallest absolute Gasteiger partial charge is 0.211 e. The summed E-state index contributed by atoms with van der Waals surface area (Å²) < 4.78 is 5.99. The fourth-order valence-electron chi connectivity index (χ4n) is 2.63. The minimum absolute atomic E-state index is 0.0332. The minimum atomic E-state index is 0.0332. The molecule has 1 heterocycles. The van der Waals surface area contributed by atoms with E-state index in [1.165, 1.54) is 0 Å². The summed E-state index contributed by atoms with van der Waals surface area (Å²) in [4.78, 5) is 10.9. The van der Waals surface area contributed by atoms with E-state index in [1.54, 1.807) is 6.08 Å². The molecule has 27 heavy (non-hydrogen) atoms. The Labute approximate surface area is 161 Å². The molecule has 140 valence electrons. The molecule has 0 radical (unpaired) electrons. The molecule has 0 fully saturated rings. The third-order valence-electron chi connectivity index (χ3n) is 4.33. The van der Waals surface area contributed by atoms with Crippen LogP contribution in [0, 0.1) is 5.92 Å². The average molecular weight is 362 g/mol. The zero-order valence-electron chi connectivity index (χ0n) is 16.0. The van der Waals surface area contributed by atoms with Crippen LogP contribution in [0.15, 0.2) is 83.0 Å². The van der Waals surface area contributed by atoms with Crippen LogP contribution in [-0.4, -0.2) is 13.5 Å². The summed E-state index contributed by atoms with van der Waals surface area (Å²) in [6.45, 7) is 7.70. The lowest BCUT2D eigenvalue weighted by Gasteiger charge is -2.15. The van der Waals surface area contributed by atoms with Crippen molar-refractivity contribution in [1.29, 1.82) is 0 Å². The van der Waals surface area contributed by atoms with E-state index in [0.29, 0.717) is 6.41 Å². The highest BCUT2D eigenvalue weighted by atomic mass is 16.3. The minimum Gasteiger partial charge on any atom is -0.457 e. The predicted octanol–water partition coefficient (Wildman–Crippen LogP) is 5.40. The summed E-state index contributed by atoms with van der Waals surface area (Å²) in [7, 11) is 1.89. The second-order valence-electron chi connectivity index (χ2n) is 6.15. The molecule has 4 heteroatoms. The van der Waals surface area contributed by atoms with Gasteiger partial charge in [0.2, 0.25) is 6.41 Å². The van der Waals surface area contributed by atoms with Gasteiger partial charge in [0, 0.05) is 29.9 Å². The molecular weight excluding hydrogens is 336 g/mol. The molecule has 1 unspecified atom stereocenters. The predicted molar refractivity (Wildman–Crippen MR) is 113 cm³/mol. The average Bonchev–Trinajstić information content (AvgIpc) is 3.15. The molecule has 0 aliphatic carbocycles. The van der Waals surface area contributed by atoms with Crippen LogP contribution in [0.1, 0.15) is 19.6 Å². The molecule has 1 aromatic carbocycles. The van der Waals surface area contributed by atoms with E-state index in [9.17, 15) is 4.79 Å². The Hall–Kier alpha value is -3.27. The molecule has 0 aliphatic heterocycles. The lowest BCUT2D eigenvalue weighted by Crippen LogP contribution is -2.17. The molecule has 0 aliphatic rings. The Morgan fingerprint density at radius 3 is 2.74 bits per heavy atom. The van der Waals surface area contributed by atoms with Crippen LogP contribution in [0.3, 0.4) is 0 Å². The highest BCUT2D eigenvalue weighted by Crippen LogP contribution is 2.27. The van der Waals surface area contributed by atoms with Crippen molar-refractivity contribution in [2.45, 2.75) is 13.8 Å². The number of furan rings is 1. The maximum atomic E-state index is 10.9. The van der Waals surface area contributed by atoms with Gasteiger partial charge in [0.25, 0.3) is 0 Å². The summed E-state index contributed by atoms with van der Waals surface area (Å²) in [6.07, 6.45) is 9.91. The quantitative estimate of drug-likeness (QED) is 0.464. The first-order chi connectivity index (χ1) is 13.1. The van der Waals surface area contributed by atoms with Gasteiger partial charge in [0.1, 0.15) is 11.5 Å². The molecule has 0 saturated heterocycles. The van der Waals surface area contributed by atoms with E-state index in [4.69, 9.17) is 4.42 Å². The summed E-state index contributed by atoms with van der Waals surface area (Å²) >= 11 is 0. The Balaban J connectivity index is 2.22. The molecular formula is C23H26N2O2. The zero-order chi connectivity index (χ0) is 19.6. The van der Waals surface area contributed by atoms with E-state index in [1.807, 2.05) is 81.6 Å². The molecule has 1 atom stereocenters. The van der Waals surface area contributed by atoms with E-state index in [0.717, 1.165) is 34.0 Å². The number of hydrogen-bond acceptors (Lipinski definition) is 3. The Morgan fingerprint density at radius 1 is 1.22 bits per heavy atom. The standard InChI is InChI=1S/C23H26N2O2/c1-5-6-7-11-22(25-16-26)18(3)17(2)14-21-12-13-23(27-21)19-9-8-10-20(15-19)24-4/h5-16,18,24H,1H2,2-4H3,(H,25,26)/b7-6-,17-14-,22-11+. The number of allylic oxidation sites excluding steroid dienone is 5. The summed E-state index contributed by atoms with van der Waals surface area (Å²) in [5.41, 5.74) is 3.94. The summed E-state index contributed by atoms with van der Waals surface area (Å²) in [6, 6.07) is 12.0. The van der Waals surface area contributed by atoms with Crippen molar-refractivity contribution in [1.82, 2.24) is 5.32 Å². The van der Waals surface area contributed by atoms with Crippen molar-refractivity contribution in [3.05, 3.63) is 84.3 Å². The molecule has 0 saturated carbocycles. The van der Waals surface area contributed by atoms with Gasteiger partial charge in [-0.1, -0.05) is 49.4 Å². The first-order valence-electron chi connectivity index (χ1n) is 8.84. The van der Waals surface area contributed by atoms with Gasteiger partial charge in [0.15, 0.2) is 0 Å². The van der Waals surface area contributed by atoms with Gasteiger partial charge in [0.05, 0.1) is 0 Å². The summed E-state index contributed by atoms with van der Waals surface area (Å²) in [5, 5.41) is 5.90. The van der Waals surface area contributed by atoms with Crippen molar-refractivity contribution in [3.63, 3.8) is 0 Å². The zero-order valence-corrected chi connectivity index (χ0v) is 16.0. The number of hydrogen-bond donors (Lipinski definition) is 2. The normalized spacial score (nSPS) is 13.4. The monoisotopic (exact) mass is 362 g/mol. The van der Waals surface area contributed by atoms with E-state index < -0.39 is 0 Å². The molecule has 1 aromatic heterocycles. The van der Waals surface area contributed by atoms with Crippen LogP contribution in [0.5, 0.6) is 0 Å². The van der Waals surface area contributed by atoms with Crippen LogP contribution in [0.25, 0.3) is 17.4 Å². The molecule has 0 bridgehead atoms. The van der Waals surface area contributed by atoms with Crippen molar-refractivity contribution < 1.29 is 9.21 Å². The van der Waals surface area contributed by atoms with Gasteiger partial charge >= 0.3 is 0 Å². The first kappa shape index (κ1) is 20.0. The highest BCUT2D eigenvalue weighted by molar-refractivity contribution is 5.65. The van der Waals surface area contributed by atoms with Crippen molar-refractivity contribution in [3.8, 4) is 11.3 Å². The molecule has 1 amide bonds. The van der Waals surface area contributed by atoms with Crippen molar-refractivity contribution >= 4 is 18.2 Å². The van der Waals surface area contributed by atoms with Crippen LogP contribution in [0.2, 0.25) is 0 Å². The topological polar surface area (TPSA) is 54.3 Å². The maximum Gasteiger partial charge on any atom is 0.211 e. The number of rotatable bonds is 9. The third kappa shape index (κ3) is 5.61.